The molecule has 0 rings (SSSR count). The Kier molecular flexibility index (Phi) is 5.28. The van der Waals surface area contributed by atoms with Gasteiger partial charge in [0.2, 0.25) is 0 Å². The van der Waals surface area contributed by atoms with Crippen molar-refractivity contribution in [1.29, 1.82) is 0 Å². The van der Waals surface area contributed by atoms with Crippen molar-refractivity contribution >= 4 is 31.6 Å². The molecule has 0 unspecified atom stereocenters. The minimum Gasteiger partial charge on any atom is -0.0737 e. The Morgan fingerprint density at radius 2 is 1.00 bits per heavy atom. The Morgan fingerprint density at radius 1 is 0.750 bits per heavy atom. The molecule has 71 valence electrons. The predicted molar refractivity (Wildman–Crippen MR) is 68.7 cm³/mol. The molecular weight excluding hydrogens is 208 g/mol. The van der Waals surface area contributed by atoms with Crippen LogP contribution < -0.4 is 0 Å². The van der Waals surface area contributed by atoms with E-state index in [0.717, 1.165) is 0 Å². The van der Waals surface area contributed by atoms with Crippen molar-refractivity contribution in [2.24, 2.45) is 0 Å². The van der Waals surface area contributed by atoms with E-state index in [1.54, 1.807) is 6.04 Å². The van der Waals surface area contributed by atoms with Crippen LogP contribution in [-0.2, 0) is 0 Å². The van der Waals surface area contributed by atoms with Crippen molar-refractivity contribution in [2.75, 3.05) is 0 Å². The fourth-order valence-electron chi connectivity index (χ4n) is 2.56. The molecule has 0 aliphatic rings. The zero-order valence-corrected chi connectivity index (χ0v) is 13.7. The van der Waals surface area contributed by atoms with Crippen molar-refractivity contribution in [1.82, 2.24) is 0 Å². The minimum absolute atomic E-state index is 0.0473. The molecule has 4 heteroatoms. The lowest BCUT2D eigenvalue weighted by molar-refractivity contribution is 1.44. The van der Waals surface area contributed by atoms with Crippen LogP contribution >= 0.6 is 0 Å². The average molecular weight is 232 g/mol. The van der Waals surface area contributed by atoms with Gasteiger partial charge in [0.1, 0.15) is 0 Å². The first-order valence-corrected chi connectivity index (χ1v) is 17.5. The summed E-state index contributed by atoms with van der Waals surface area (Å²) in [5.41, 5.74) is 0. The second-order valence-electron chi connectivity index (χ2n) is 4.26. The molecule has 0 aromatic heterocycles. The van der Waals surface area contributed by atoms with Crippen molar-refractivity contribution in [3.05, 3.63) is 0 Å². The third-order valence-corrected chi connectivity index (χ3v) is 54.8. The van der Waals surface area contributed by atoms with Gasteiger partial charge in [-0.15, -0.1) is 0 Å². The molecule has 0 saturated heterocycles. The summed E-state index contributed by atoms with van der Waals surface area (Å²) < 4.78 is 0. The Balaban J connectivity index is 4.77. The van der Waals surface area contributed by atoms with Gasteiger partial charge < -0.3 is 0 Å². The summed E-state index contributed by atoms with van der Waals surface area (Å²) in [6, 6.07) is 1.58. The number of hydrogen-bond donors (Lipinski definition) is 0. The first-order chi connectivity index (χ1) is 5.39. The molecule has 3 radical (unpaired) electrons. The van der Waals surface area contributed by atoms with E-state index in [1.165, 1.54) is 0 Å². The Hall–Kier alpha value is 0.868. The van der Waals surface area contributed by atoms with Gasteiger partial charge in [0.25, 0.3) is 0 Å². The summed E-state index contributed by atoms with van der Waals surface area (Å²) in [5.74, 6) is 0. The van der Waals surface area contributed by atoms with Crippen LogP contribution in [-0.4, -0.2) is 31.6 Å². The molecule has 0 heterocycles. The SMILES string of the molecule is CC[Si]([Si](C)C)([Si](C)C)[Si](C)C. The van der Waals surface area contributed by atoms with Crippen LogP contribution in [0.15, 0.2) is 0 Å². The molecule has 0 nitrogen and oxygen atoms in total. The Morgan fingerprint density at radius 3 is 1.00 bits per heavy atom. The van der Waals surface area contributed by atoms with Gasteiger partial charge in [-0.3, -0.25) is 0 Å². The quantitative estimate of drug-likeness (QED) is 0.653. The normalized spacial score (nSPS) is 13.5. The van der Waals surface area contributed by atoms with E-state index >= 15 is 0 Å². The van der Waals surface area contributed by atoms with Crippen molar-refractivity contribution in [2.45, 2.75) is 52.2 Å². The zero-order valence-electron chi connectivity index (χ0n) is 9.71. The topological polar surface area (TPSA) is 0 Å². The maximum atomic E-state index is 2.58. The van der Waals surface area contributed by atoms with Crippen molar-refractivity contribution < 1.29 is 0 Å². The van der Waals surface area contributed by atoms with Crippen LogP contribution in [0.5, 0.6) is 0 Å². The second-order valence-corrected chi connectivity index (χ2v) is 34.0. The maximum absolute atomic E-state index is 2.58. The monoisotopic (exact) mass is 231 g/mol. The summed E-state index contributed by atoms with van der Waals surface area (Å²) in [5, 5.41) is 0. The minimum atomic E-state index is -0.696. The van der Waals surface area contributed by atoms with Crippen molar-refractivity contribution in [3.63, 3.8) is 0 Å². The lowest BCUT2D eigenvalue weighted by Gasteiger charge is -2.40. The van der Waals surface area contributed by atoms with E-state index in [4.69, 9.17) is 0 Å². The first-order valence-electron chi connectivity index (χ1n) is 4.81. The summed E-state index contributed by atoms with van der Waals surface area (Å²) in [4.78, 5) is 0. The van der Waals surface area contributed by atoms with Gasteiger partial charge in [0, 0.05) is 31.6 Å². The van der Waals surface area contributed by atoms with Gasteiger partial charge in [0.15, 0.2) is 0 Å². The van der Waals surface area contributed by atoms with E-state index in [9.17, 15) is 0 Å². The van der Waals surface area contributed by atoms with Gasteiger partial charge in [-0.05, 0) is 0 Å². The number of rotatable bonds is 4. The highest BCUT2D eigenvalue weighted by atomic mass is 29.9. The van der Waals surface area contributed by atoms with Gasteiger partial charge >= 0.3 is 0 Å². The van der Waals surface area contributed by atoms with E-state index < -0.39 is 6.63 Å². The molecule has 0 saturated carbocycles. The highest BCUT2D eigenvalue weighted by Crippen LogP contribution is 2.20. The maximum Gasteiger partial charge on any atom is 0.0297 e. The molecule has 0 aromatic rings. The molecule has 0 fully saturated rings. The standard InChI is InChI=1S/C8H23Si4/c1-8-12(9(2)3,10(4)5)11(6)7/h8H2,1-7H3. The molecule has 0 aliphatic heterocycles. The third-order valence-electron chi connectivity index (χ3n) is 3.09. The van der Waals surface area contributed by atoms with Crippen molar-refractivity contribution in [3.8, 4) is 0 Å². The van der Waals surface area contributed by atoms with Gasteiger partial charge in [-0.1, -0.05) is 52.2 Å². The van der Waals surface area contributed by atoms with Crippen LogP contribution in [0, 0.1) is 0 Å². The highest BCUT2D eigenvalue weighted by Gasteiger charge is 2.42. The molecule has 0 amide bonds. The largest absolute Gasteiger partial charge is 0.0737 e. The van der Waals surface area contributed by atoms with Crippen LogP contribution in [0.1, 0.15) is 6.92 Å². The molecule has 0 aromatic carbocycles. The van der Waals surface area contributed by atoms with E-state index in [2.05, 4.69) is 46.2 Å². The zero-order chi connectivity index (χ0) is 9.94. The Bertz CT molecular complexity index is 109. The average Bonchev–Trinajstić information content (AvgIpc) is 1.86. The lowest BCUT2D eigenvalue weighted by Crippen LogP contribution is -2.66. The molecule has 0 atom stereocenters. The van der Waals surface area contributed by atoms with Gasteiger partial charge in [-0.25, -0.2) is 0 Å². The predicted octanol–water partition coefficient (Wildman–Crippen LogP) is 2.95. The molecule has 0 bridgehead atoms. The van der Waals surface area contributed by atoms with E-state index in [0.29, 0.717) is 0 Å². The van der Waals surface area contributed by atoms with E-state index in [1.807, 2.05) is 0 Å². The second kappa shape index (κ2) is 4.93. The first kappa shape index (κ1) is 12.9. The number of hydrogen-bond acceptors (Lipinski definition) is 0. The molecule has 12 heavy (non-hydrogen) atoms. The fraction of sp³-hybridized carbons (Fsp3) is 1.00. The summed E-state index contributed by atoms with van der Waals surface area (Å²) in [6.45, 7) is 17.2. The summed E-state index contributed by atoms with van der Waals surface area (Å²) in [6.07, 6.45) is 0. The van der Waals surface area contributed by atoms with Crippen LogP contribution in [0.3, 0.4) is 0 Å². The van der Waals surface area contributed by atoms with Gasteiger partial charge in [0.05, 0.1) is 0 Å². The fourth-order valence-corrected chi connectivity index (χ4v) is 50.0. The van der Waals surface area contributed by atoms with Gasteiger partial charge in [-0.2, -0.15) is 0 Å². The molecule has 0 N–H and O–H groups in total. The van der Waals surface area contributed by atoms with E-state index in [-0.39, 0.29) is 24.9 Å². The molecular formula is C8H23Si4. The summed E-state index contributed by atoms with van der Waals surface area (Å²) in [7, 11) is 0.142. The summed E-state index contributed by atoms with van der Waals surface area (Å²) >= 11 is 0. The lowest BCUT2D eigenvalue weighted by atomic mass is 11.0. The highest BCUT2D eigenvalue weighted by molar-refractivity contribution is 7.79. The molecule has 0 aliphatic carbocycles. The van der Waals surface area contributed by atoms with Crippen LogP contribution in [0.4, 0.5) is 0 Å². The smallest absolute Gasteiger partial charge is 0.0297 e. The third kappa shape index (κ3) is 2.21. The van der Waals surface area contributed by atoms with Crippen LogP contribution in [0.2, 0.25) is 45.3 Å². The van der Waals surface area contributed by atoms with Crippen LogP contribution in [0.25, 0.3) is 0 Å². The molecule has 0 spiro atoms. The Labute approximate surface area is 84.0 Å².